The Hall–Kier alpha value is -2.10. The number of halogens is 1. The highest BCUT2D eigenvalue weighted by molar-refractivity contribution is 7.99. The van der Waals surface area contributed by atoms with Crippen LogP contribution < -0.4 is 4.74 Å². The molecule has 0 saturated heterocycles. The number of hydrogen-bond donors (Lipinski definition) is 1. The van der Waals surface area contributed by atoms with Gasteiger partial charge >= 0.3 is 0 Å². The summed E-state index contributed by atoms with van der Waals surface area (Å²) in [5.41, 5.74) is 3.27. The zero-order chi connectivity index (χ0) is 18.1. The molecule has 0 amide bonds. The van der Waals surface area contributed by atoms with Gasteiger partial charge in [-0.05, 0) is 41.8 Å². The smallest absolute Gasteiger partial charge is 0.293 e. The van der Waals surface area contributed by atoms with Gasteiger partial charge in [0.15, 0.2) is 0 Å². The van der Waals surface area contributed by atoms with E-state index in [0.717, 1.165) is 26.8 Å². The molecule has 0 unspecified atom stereocenters. The molecule has 0 bridgehead atoms. The topological polar surface area (TPSA) is 29.5 Å². The van der Waals surface area contributed by atoms with Crippen molar-refractivity contribution in [2.75, 3.05) is 0 Å². The van der Waals surface area contributed by atoms with Gasteiger partial charge in [0, 0.05) is 0 Å². The summed E-state index contributed by atoms with van der Waals surface area (Å²) >= 11 is 8.30. The van der Waals surface area contributed by atoms with Crippen LogP contribution in [-0.2, 0) is 0 Å². The highest BCUT2D eigenvalue weighted by atomic mass is 35.5. The van der Waals surface area contributed by atoms with Crippen LogP contribution in [0, 0.1) is 6.92 Å². The maximum absolute atomic E-state index is 7.02. The van der Waals surface area contributed by atoms with E-state index in [4.69, 9.17) is 17.8 Å². The first-order valence-electron chi connectivity index (χ1n) is 8.48. The van der Waals surface area contributed by atoms with Crippen LogP contribution in [0.15, 0.2) is 71.6 Å². The fraction of sp³-hybridized carbons (Fsp3) is 0.143. The van der Waals surface area contributed by atoms with Crippen LogP contribution in [0.3, 0.4) is 0 Å². The van der Waals surface area contributed by atoms with E-state index in [1.165, 1.54) is 5.56 Å². The van der Waals surface area contributed by atoms with Crippen molar-refractivity contribution in [1.82, 2.24) is 0 Å². The van der Waals surface area contributed by atoms with Gasteiger partial charge < -0.3 is 9.85 Å². The molecule has 0 spiro atoms. The molecule has 0 fully saturated rings. The minimum absolute atomic E-state index is 0.0748. The Morgan fingerprint density at radius 3 is 2.48 bits per heavy atom. The Labute approximate surface area is 157 Å². The van der Waals surface area contributed by atoms with Gasteiger partial charge in [0.25, 0.3) is 1.43 Å². The number of aryl methyl sites for hydroxylation is 1. The first-order chi connectivity index (χ1) is 12.7. The monoisotopic (exact) mass is 370 g/mol. The van der Waals surface area contributed by atoms with Gasteiger partial charge in [-0.2, -0.15) is 0 Å². The Balaban J connectivity index is 1.79. The lowest BCUT2D eigenvalue weighted by Crippen LogP contribution is -2.19. The summed E-state index contributed by atoms with van der Waals surface area (Å²) in [7, 11) is 0. The summed E-state index contributed by atoms with van der Waals surface area (Å²) in [5.74, 6) is 1.32. The first kappa shape index (κ1) is 15.2. The quantitative estimate of drug-likeness (QED) is 0.584. The van der Waals surface area contributed by atoms with E-state index >= 15 is 0 Å². The third-order valence-electron chi connectivity index (χ3n) is 4.36. The number of phenols is 1. The third-order valence-corrected chi connectivity index (χ3v) is 6.38. The largest absolute Gasteiger partial charge is 0.508 e. The zero-order valence-electron chi connectivity index (χ0n) is 14.6. The summed E-state index contributed by atoms with van der Waals surface area (Å²) in [6.07, 6.45) is -0.159. The van der Waals surface area contributed by atoms with Crippen molar-refractivity contribution in [2.45, 2.75) is 23.2 Å². The second kappa shape index (κ2) is 6.66. The summed E-state index contributed by atoms with van der Waals surface area (Å²) in [5, 5.41) is 5.37. The van der Waals surface area contributed by atoms with Crippen LogP contribution >= 0.6 is 23.4 Å². The van der Waals surface area contributed by atoms with Gasteiger partial charge in [0.1, 0.15) is 17.6 Å². The lowest BCUT2D eigenvalue weighted by Gasteiger charge is -2.34. The number of phenolic OH excluding ortho intramolecular Hbond substituents is 1. The highest BCUT2D eigenvalue weighted by Crippen LogP contribution is 2.55. The van der Waals surface area contributed by atoms with Crippen molar-refractivity contribution in [3.8, 4) is 11.5 Å². The standard InChI is InChI=1S/C21H17ClO2S/c1-13-7-12-17-21(18(13)22)25-20(15-5-3-2-4-6-15)19(24-17)14-8-10-16(23)11-9-14/h2-12,19-20,23H,1H3/t19-,20+/m1/s1/i/hT. The molecule has 4 heteroatoms. The van der Waals surface area contributed by atoms with Crippen molar-refractivity contribution < 1.29 is 9.85 Å². The summed E-state index contributed by atoms with van der Waals surface area (Å²) in [6, 6.07) is 21.8. The SMILES string of the molecule is [3H]Oc1ccc([C@H]2Oc3ccc(C)c(Cl)c3S[C@H]2c2ccccc2)cc1. The number of ether oxygens (including phenoxy) is 1. The van der Waals surface area contributed by atoms with Gasteiger partial charge in [-0.15, -0.1) is 11.8 Å². The van der Waals surface area contributed by atoms with E-state index in [9.17, 15) is 0 Å². The lowest BCUT2D eigenvalue weighted by molar-refractivity contribution is 0.191. The van der Waals surface area contributed by atoms with Crippen molar-refractivity contribution >= 4 is 23.4 Å². The molecule has 2 atom stereocenters. The third kappa shape index (κ3) is 3.10. The number of rotatable bonds is 3. The maximum atomic E-state index is 7.02. The van der Waals surface area contributed by atoms with Crippen molar-refractivity contribution in [3.63, 3.8) is 0 Å². The summed E-state index contributed by atoms with van der Waals surface area (Å²) in [4.78, 5) is 0.989. The summed E-state index contributed by atoms with van der Waals surface area (Å²) < 4.78 is 13.4. The Morgan fingerprint density at radius 1 is 1.00 bits per heavy atom. The van der Waals surface area contributed by atoms with E-state index in [2.05, 4.69) is 17.2 Å². The molecule has 25 heavy (non-hydrogen) atoms. The van der Waals surface area contributed by atoms with Crippen LogP contribution in [0.2, 0.25) is 5.02 Å². The van der Waals surface area contributed by atoms with Gasteiger partial charge in [-0.25, -0.2) is 0 Å². The Morgan fingerprint density at radius 2 is 1.76 bits per heavy atom. The molecular weight excluding hydrogens is 352 g/mol. The molecule has 126 valence electrons. The molecule has 3 aromatic rings. The highest BCUT2D eigenvalue weighted by Gasteiger charge is 2.34. The average Bonchev–Trinajstić information content (AvgIpc) is 2.71. The molecule has 2 nitrogen and oxygen atoms in total. The molecule has 1 N–H and O–H groups in total. The van der Waals surface area contributed by atoms with E-state index in [-0.39, 0.29) is 11.4 Å². The van der Waals surface area contributed by atoms with E-state index < -0.39 is 0 Å². The normalized spacial score (nSPS) is 19.5. The number of benzene rings is 3. The van der Waals surface area contributed by atoms with Gasteiger partial charge in [0.2, 0.25) is 0 Å². The van der Waals surface area contributed by atoms with Crippen LogP contribution in [0.4, 0.5) is 0 Å². The molecule has 1 aliphatic rings. The predicted octanol–water partition coefficient (Wildman–Crippen LogP) is 6.32. The molecule has 3 aromatic carbocycles. The lowest BCUT2D eigenvalue weighted by atomic mass is 10.00. The molecule has 1 heterocycles. The fourth-order valence-electron chi connectivity index (χ4n) is 3.01. The van der Waals surface area contributed by atoms with Gasteiger partial charge in [-0.3, -0.25) is 0 Å². The Kier molecular flexibility index (Phi) is 4.04. The number of hydrogen-bond acceptors (Lipinski definition) is 3. The number of thioether (sulfide) groups is 1. The van der Waals surface area contributed by atoms with Crippen molar-refractivity contribution in [2.24, 2.45) is 0 Å². The second-order valence-corrected chi connectivity index (χ2v) is 7.61. The molecular formula is C21H17ClO2S. The van der Waals surface area contributed by atoms with Crippen molar-refractivity contribution in [3.05, 3.63) is 88.4 Å². The molecule has 0 radical (unpaired) electrons. The van der Waals surface area contributed by atoms with Crippen LogP contribution in [0.5, 0.6) is 11.5 Å². The number of aromatic hydroxyl groups is 1. The zero-order valence-corrected chi connectivity index (χ0v) is 15.2. The maximum Gasteiger partial charge on any atom is 0.293 e. The van der Waals surface area contributed by atoms with E-state index in [1.54, 1.807) is 23.9 Å². The minimum atomic E-state index is -0.159. The molecule has 0 aromatic heterocycles. The van der Waals surface area contributed by atoms with Gasteiger partial charge in [-0.1, -0.05) is 60.1 Å². The van der Waals surface area contributed by atoms with Gasteiger partial charge in [0.05, 0.1) is 15.2 Å². The predicted molar refractivity (Wildman–Crippen MR) is 103 cm³/mol. The second-order valence-electron chi connectivity index (χ2n) is 6.08. The van der Waals surface area contributed by atoms with Crippen LogP contribution in [-0.4, -0.2) is 6.54 Å². The van der Waals surface area contributed by atoms with Crippen LogP contribution in [0.1, 0.15) is 28.0 Å². The van der Waals surface area contributed by atoms with E-state index in [1.807, 2.05) is 49.4 Å². The first-order valence-corrected chi connectivity index (χ1v) is 9.33. The summed E-state index contributed by atoms with van der Waals surface area (Å²) in [6.45, 7) is 2.01. The van der Waals surface area contributed by atoms with Crippen molar-refractivity contribution in [1.29, 1.82) is 1.43 Å². The minimum Gasteiger partial charge on any atom is -0.508 e. The molecule has 0 saturated carbocycles. The molecule has 4 rings (SSSR count). The molecule has 0 aliphatic carbocycles. The van der Waals surface area contributed by atoms with E-state index in [0.29, 0.717) is 5.75 Å². The number of fused-ring (bicyclic) bond motifs is 1. The van der Waals surface area contributed by atoms with Crippen LogP contribution in [0.25, 0.3) is 0 Å². The fourth-order valence-corrected chi connectivity index (χ4v) is 4.68. The Bertz CT molecular complexity index is 915. The average molecular weight is 371 g/mol. The molecule has 1 aliphatic heterocycles.